The molecule has 0 aromatic heterocycles. The summed E-state index contributed by atoms with van der Waals surface area (Å²) in [6.45, 7) is 9.97. The van der Waals surface area contributed by atoms with E-state index in [1.165, 1.54) is 5.56 Å². The summed E-state index contributed by atoms with van der Waals surface area (Å²) in [7, 11) is 0. The van der Waals surface area contributed by atoms with Gasteiger partial charge in [-0.1, -0.05) is 15.9 Å². The van der Waals surface area contributed by atoms with E-state index in [-0.39, 0.29) is 5.54 Å². The molecule has 0 bridgehead atoms. The number of hydrogen-bond acceptors (Lipinski definition) is 4. The van der Waals surface area contributed by atoms with Crippen molar-refractivity contribution in [2.45, 2.75) is 32.7 Å². The molecular weight excluding hydrogens is 334 g/mol. The van der Waals surface area contributed by atoms with E-state index in [4.69, 9.17) is 14.2 Å². The lowest BCUT2D eigenvalue weighted by molar-refractivity contribution is 0.133. The number of fused-ring (bicyclic) bond motifs is 1. The molecular formula is C16H24BrNO3. The number of rotatable bonds is 6. The molecule has 0 atom stereocenters. The zero-order valence-corrected chi connectivity index (χ0v) is 14.6. The van der Waals surface area contributed by atoms with Crippen LogP contribution in [0.15, 0.2) is 16.6 Å². The fourth-order valence-electron chi connectivity index (χ4n) is 2.08. The molecule has 118 valence electrons. The molecule has 1 aromatic carbocycles. The van der Waals surface area contributed by atoms with E-state index in [1.807, 2.05) is 12.1 Å². The van der Waals surface area contributed by atoms with Gasteiger partial charge in [0.1, 0.15) is 13.2 Å². The van der Waals surface area contributed by atoms with Crippen molar-refractivity contribution >= 4 is 15.9 Å². The Morgan fingerprint density at radius 2 is 1.81 bits per heavy atom. The van der Waals surface area contributed by atoms with Gasteiger partial charge in [0, 0.05) is 16.6 Å². The first-order chi connectivity index (χ1) is 9.96. The van der Waals surface area contributed by atoms with E-state index < -0.39 is 0 Å². The Hall–Kier alpha value is -0.780. The van der Waals surface area contributed by atoms with E-state index in [0.717, 1.165) is 35.5 Å². The van der Waals surface area contributed by atoms with Crippen molar-refractivity contribution in [1.82, 2.24) is 5.32 Å². The lowest BCUT2D eigenvalue weighted by atomic mass is 10.1. The Labute approximate surface area is 135 Å². The smallest absolute Gasteiger partial charge is 0.162 e. The van der Waals surface area contributed by atoms with Crippen LogP contribution in [0.3, 0.4) is 0 Å². The maximum atomic E-state index is 5.68. The Morgan fingerprint density at radius 1 is 1.14 bits per heavy atom. The van der Waals surface area contributed by atoms with Crippen LogP contribution in [-0.2, 0) is 11.2 Å². The number of hydrogen-bond donors (Lipinski definition) is 1. The standard InChI is InChI=1S/C16H24BrNO3/c1-16(2,3)18-5-7-19-6-4-12-10-14-15(11-13(12)17)21-9-8-20-14/h10-11,18H,4-9H2,1-3H3. The third kappa shape index (κ3) is 5.49. The predicted octanol–water partition coefficient (Wildman–Crippen LogP) is 3.17. The highest BCUT2D eigenvalue weighted by atomic mass is 79.9. The number of halogens is 1. The average molecular weight is 358 g/mol. The van der Waals surface area contributed by atoms with Gasteiger partial charge in [-0.2, -0.15) is 0 Å². The summed E-state index contributed by atoms with van der Waals surface area (Å²) >= 11 is 3.58. The predicted molar refractivity (Wildman–Crippen MR) is 87.4 cm³/mol. The van der Waals surface area contributed by atoms with Crippen LogP contribution in [0.25, 0.3) is 0 Å². The molecule has 0 spiro atoms. The Kier molecular flexibility index (Phi) is 5.90. The summed E-state index contributed by atoms with van der Waals surface area (Å²) in [5.41, 5.74) is 1.32. The largest absolute Gasteiger partial charge is 0.486 e. The Balaban J connectivity index is 1.76. The van der Waals surface area contributed by atoms with Crippen molar-refractivity contribution in [2.75, 3.05) is 33.0 Å². The monoisotopic (exact) mass is 357 g/mol. The fraction of sp³-hybridized carbons (Fsp3) is 0.625. The van der Waals surface area contributed by atoms with Crippen LogP contribution in [0.2, 0.25) is 0 Å². The second-order valence-electron chi connectivity index (χ2n) is 6.13. The van der Waals surface area contributed by atoms with E-state index in [2.05, 4.69) is 42.0 Å². The molecule has 1 aliphatic heterocycles. The minimum absolute atomic E-state index is 0.141. The van der Waals surface area contributed by atoms with Crippen molar-refractivity contribution in [3.8, 4) is 11.5 Å². The normalized spacial score (nSPS) is 14.3. The number of nitrogens with one attached hydrogen (secondary N) is 1. The zero-order valence-electron chi connectivity index (χ0n) is 13.0. The first-order valence-electron chi connectivity index (χ1n) is 7.36. The van der Waals surface area contributed by atoms with E-state index in [1.54, 1.807) is 0 Å². The van der Waals surface area contributed by atoms with Gasteiger partial charge in [0.2, 0.25) is 0 Å². The highest BCUT2D eigenvalue weighted by Crippen LogP contribution is 2.35. The average Bonchev–Trinajstić information content (AvgIpc) is 2.41. The van der Waals surface area contributed by atoms with Gasteiger partial charge in [-0.05, 0) is 44.9 Å². The molecule has 2 rings (SSSR count). The van der Waals surface area contributed by atoms with E-state index in [9.17, 15) is 0 Å². The van der Waals surface area contributed by atoms with Crippen molar-refractivity contribution in [3.05, 3.63) is 22.2 Å². The van der Waals surface area contributed by atoms with Crippen LogP contribution in [-0.4, -0.2) is 38.5 Å². The molecule has 1 aliphatic rings. The molecule has 21 heavy (non-hydrogen) atoms. The second-order valence-corrected chi connectivity index (χ2v) is 6.98. The highest BCUT2D eigenvalue weighted by molar-refractivity contribution is 9.10. The number of ether oxygens (including phenoxy) is 3. The van der Waals surface area contributed by atoms with E-state index >= 15 is 0 Å². The van der Waals surface area contributed by atoms with Gasteiger partial charge in [-0.15, -0.1) is 0 Å². The van der Waals surface area contributed by atoms with Gasteiger partial charge in [0.25, 0.3) is 0 Å². The minimum Gasteiger partial charge on any atom is -0.486 e. The molecule has 0 amide bonds. The van der Waals surface area contributed by atoms with Gasteiger partial charge >= 0.3 is 0 Å². The third-order valence-corrected chi connectivity index (χ3v) is 3.87. The molecule has 0 radical (unpaired) electrons. The van der Waals surface area contributed by atoms with Crippen LogP contribution in [0.4, 0.5) is 0 Å². The van der Waals surface area contributed by atoms with Gasteiger partial charge < -0.3 is 19.5 Å². The van der Waals surface area contributed by atoms with Crippen LogP contribution < -0.4 is 14.8 Å². The van der Waals surface area contributed by atoms with Gasteiger partial charge in [-0.25, -0.2) is 0 Å². The molecule has 0 fully saturated rings. The molecule has 1 heterocycles. The summed E-state index contributed by atoms with van der Waals surface area (Å²) in [4.78, 5) is 0. The molecule has 0 aliphatic carbocycles. The van der Waals surface area contributed by atoms with Crippen LogP contribution in [0, 0.1) is 0 Å². The lowest BCUT2D eigenvalue weighted by Gasteiger charge is -2.21. The second kappa shape index (κ2) is 7.47. The Morgan fingerprint density at radius 3 is 2.48 bits per heavy atom. The molecule has 0 unspecified atom stereocenters. The van der Waals surface area contributed by atoms with Crippen molar-refractivity contribution < 1.29 is 14.2 Å². The minimum atomic E-state index is 0.141. The van der Waals surface area contributed by atoms with Crippen LogP contribution >= 0.6 is 15.9 Å². The highest BCUT2D eigenvalue weighted by Gasteiger charge is 2.14. The van der Waals surface area contributed by atoms with Gasteiger partial charge in [-0.3, -0.25) is 0 Å². The third-order valence-electron chi connectivity index (χ3n) is 3.13. The molecule has 1 aromatic rings. The SMILES string of the molecule is CC(C)(C)NCCOCCc1cc2c(cc1Br)OCCO2. The summed E-state index contributed by atoms with van der Waals surface area (Å²) < 4.78 is 17.9. The van der Waals surface area contributed by atoms with Gasteiger partial charge in [0.15, 0.2) is 11.5 Å². The molecule has 4 nitrogen and oxygen atoms in total. The summed E-state index contributed by atoms with van der Waals surface area (Å²) in [5.74, 6) is 1.64. The molecule has 1 N–H and O–H groups in total. The summed E-state index contributed by atoms with van der Waals surface area (Å²) in [5, 5.41) is 3.40. The lowest BCUT2D eigenvalue weighted by Crippen LogP contribution is -2.38. The van der Waals surface area contributed by atoms with Crippen molar-refractivity contribution in [1.29, 1.82) is 0 Å². The number of benzene rings is 1. The molecule has 5 heteroatoms. The maximum absolute atomic E-state index is 5.68. The van der Waals surface area contributed by atoms with Crippen LogP contribution in [0.5, 0.6) is 11.5 Å². The van der Waals surface area contributed by atoms with Gasteiger partial charge in [0.05, 0.1) is 13.2 Å². The zero-order chi connectivity index (χ0) is 15.3. The first kappa shape index (κ1) is 16.6. The Bertz CT molecular complexity index is 471. The van der Waals surface area contributed by atoms with Crippen molar-refractivity contribution in [2.24, 2.45) is 0 Å². The van der Waals surface area contributed by atoms with E-state index in [0.29, 0.717) is 19.8 Å². The first-order valence-corrected chi connectivity index (χ1v) is 8.16. The maximum Gasteiger partial charge on any atom is 0.162 e. The fourth-order valence-corrected chi connectivity index (χ4v) is 2.60. The summed E-state index contributed by atoms with van der Waals surface area (Å²) in [6.07, 6.45) is 0.854. The molecule has 0 saturated carbocycles. The quantitative estimate of drug-likeness (QED) is 0.793. The van der Waals surface area contributed by atoms with Crippen molar-refractivity contribution in [3.63, 3.8) is 0 Å². The topological polar surface area (TPSA) is 39.7 Å². The van der Waals surface area contributed by atoms with Crippen LogP contribution in [0.1, 0.15) is 26.3 Å². The summed E-state index contributed by atoms with van der Waals surface area (Å²) in [6, 6.07) is 4.01. The molecule has 0 saturated heterocycles.